The molecule has 0 aliphatic carbocycles. The molecule has 0 unspecified atom stereocenters. The van der Waals surface area contributed by atoms with Crippen LogP contribution in [-0.4, -0.2) is 49.6 Å². The molecule has 1 heterocycles. The first kappa shape index (κ1) is 14.0. The third-order valence-electron chi connectivity index (χ3n) is 2.96. The fourth-order valence-electron chi connectivity index (χ4n) is 2.04. The number of amides is 1. The minimum Gasteiger partial charge on any atom is -0.468 e. The number of carbonyl (C=O) groups excluding carboxylic acids is 2. The van der Waals surface area contributed by atoms with E-state index in [1.54, 1.807) is 4.90 Å². The normalized spacial score (nSPS) is 19.8. The third kappa shape index (κ3) is 4.34. The van der Waals surface area contributed by atoms with Crippen LogP contribution in [0.4, 0.5) is 0 Å². The molecule has 1 rings (SSSR count). The summed E-state index contributed by atoms with van der Waals surface area (Å²) in [5.41, 5.74) is 0. The van der Waals surface area contributed by atoms with Crippen molar-refractivity contribution in [2.45, 2.75) is 38.6 Å². The lowest BCUT2D eigenvalue weighted by Gasteiger charge is -2.29. The predicted molar refractivity (Wildman–Crippen MR) is 64.5 cm³/mol. The summed E-state index contributed by atoms with van der Waals surface area (Å²) in [4.78, 5) is 25.0. The van der Waals surface area contributed by atoms with Crippen LogP contribution >= 0.6 is 0 Å². The van der Waals surface area contributed by atoms with Crippen molar-refractivity contribution in [1.29, 1.82) is 0 Å². The molecule has 1 fully saturated rings. The van der Waals surface area contributed by atoms with Gasteiger partial charge in [-0.05, 0) is 25.8 Å². The van der Waals surface area contributed by atoms with Crippen LogP contribution in [0.25, 0.3) is 0 Å². The second-order valence-corrected chi connectivity index (χ2v) is 4.34. The highest BCUT2D eigenvalue weighted by molar-refractivity contribution is 5.85. The van der Waals surface area contributed by atoms with E-state index in [4.69, 9.17) is 0 Å². The van der Waals surface area contributed by atoms with Crippen LogP contribution in [0.1, 0.15) is 32.6 Å². The Hall–Kier alpha value is -1.10. The van der Waals surface area contributed by atoms with Gasteiger partial charge in [0.15, 0.2) is 0 Å². The summed E-state index contributed by atoms with van der Waals surface area (Å²) < 4.78 is 4.61. The van der Waals surface area contributed by atoms with E-state index in [-0.39, 0.29) is 24.5 Å². The maximum absolute atomic E-state index is 12.2. The maximum atomic E-state index is 12.2. The van der Waals surface area contributed by atoms with Crippen LogP contribution < -0.4 is 5.32 Å². The lowest BCUT2D eigenvalue weighted by Crippen LogP contribution is -2.50. The molecule has 0 radical (unpaired) electrons. The number of methoxy groups -OCH3 is 1. The zero-order valence-corrected chi connectivity index (χ0v) is 10.7. The first-order chi connectivity index (χ1) is 8.19. The number of nitrogens with zero attached hydrogens (tertiary/aromatic N) is 1. The summed E-state index contributed by atoms with van der Waals surface area (Å²) in [6, 6.07) is -0.125. The molecule has 17 heavy (non-hydrogen) atoms. The zero-order chi connectivity index (χ0) is 12.7. The van der Waals surface area contributed by atoms with Gasteiger partial charge in [0.25, 0.3) is 0 Å². The first-order valence-electron chi connectivity index (χ1n) is 6.28. The first-order valence-corrected chi connectivity index (χ1v) is 6.28. The van der Waals surface area contributed by atoms with Gasteiger partial charge < -0.3 is 15.0 Å². The molecule has 1 aliphatic rings. The van der Waals surface area contributed by atoms with Crippen molar-refractivity contribution in [3.63, 3.8) is 0 Å². The van der Waals surface area contributed by atoms with E-state index < -0.39 is 0 Å². The van der Waals surface area contributed by atoms with E-state index in [0.29, 0.717) is 6.54 Å². The van der Waals surface area contributed by atoms with Gasteiger partial charge in [-0.15, -0.1) is 0 Å². The van der Waals surface area contributed by atoms with Crippen LogP contribution in [0.15, 0.2) is 0 Å². The van der Waals surface area contributed by atoms with E-state index in [1.807, 2.05) is 6.92 Å². The van der Waals surface area contributed by atoms with Gasteiger partial charge in [-0.3, -0.25) is 9.59 Å². The molecule has 0 bridgehead atoms. The third-order valence-corrected chi connectivity index (χ3v) is 2.96. The SMILES string of the molecule is CCCN(CC(=O)OC)C(=O)[C@H]1CCCCN1. The number of hydrogen-bond donors (Lipinski definition) is 1. The van der Waals surface area contributed by atoms with Crippen molar-refractivity contribution in [2.75, 3.05) is 26.7 Å². The van der Waals surface area contributed by atoms with Gasteiger partial charge in [-0.2, -0.15) is 0 Å². The molecule has 1 amide bonds. The lowest BCUT2D eigenvalue weighted by molar-refractivity contribution is -0.148. The minimum absolute atomic E-state index is 0.0250. The van der Waals surface area contributed by atoms with Crippen molar-refractivity contribution in [1.82, 2.24) is 10.2 Å². The molecular formula is C12H22N2O3. The summed E-state index contributed by atoms with van der Waals surface area (Å²) in [5.74, 6) is -0.334. The fraction of sp³-hybridized carbons (Fsp3) is 0.833. The van der Waals surface area contributed by atoms with E-state index in [0.717, 1.165) is 32.2 Å². The molecule has 1 atom stereocenters. The van der Waals surface area contributed by atoms with Gasteiger partial charge >= 0.3 is 5.97 Å². The molecule has 0 aromatic rings. The Bertz CT molecular complexity index is 262. The molecular weight excluding hydrogens is 220 g/mol. The number of ether oxygens (including phenoxy) is 1. The molecule has 98 valence electrons. The van der Waals surface area contributed by atoms with Crippen LogP contribution in [0, 0.1) is 0 Å². The van der Waals surface area contributed by atoms with Crippen molar-refractivity contribution >= 4 is 11.9 Å². The quantitative estimate of drug-likeness (QED) is 0.715. The molecule has 0 saturated carbocycles. The zero-order valence-electron chi connectivity index (χ0n) is 10.7. The Balaban J connectivity index is 2.55. The highest BCUT2D eigenvalue weighted by Gasteiger charge is 2.26. The number of esters is 1. The standard InChI is InChI=1S/C12H22N2O3/c1-3-8-14(9-11(15)17-2)12(16)10-6-4-5-7-13-10/h10,13H,3-9H2,1-2H3/t10-/m1/s1. The van der Waals surface area contributed by atoms with E-state index in [9.17, 15) is 9.59 Å². The lowest BCUT2D eigenvalue weighted by atomic mass is 10.0. The molecule has 1 aliphatic heterocycles. The molecule has 0 aromatic heterocycles. The number of carbonyl (C=O) groups is 2. The van der Waals surface area contributed by atoms with Crippen molar-refractivity contribution < 1.29 is 14.3 Å². The summed E-state index contributed by atoms with van der Waals surface area (Å²) in [7, 11) is 1.34. The second-order valence-electron chi connectivity index (χ2n) is 4.34. The maximum Gasteiger partial charge on any atom is 0.325 e. The van der Waals surface area contributed by atoms with Gasteiger partial charge in [0.2, 0.25) is 5.91 Å². The van der Waals surface area contributed by atoms with Gasteiger partial charge in [-0.25, -0.2) is 0 Å². The highest BCUT2D eigenvalue weighted by Crippen LogP contribution is 2.10. The predicted octanol–water partition coefficient (Wildman–Crippen LogP) is 0.540. The fourth-order valence-corrected chi connectivity index (χ4v) is 2.04. The molecule has 0 aromatic carbocycles. The van der Waals surface area contributed by atoms with Gasteiger partial charge in [0, 0.05) is 6.54 Å². The van der Waals surface area contributed by atoms with Crippen LogP contribution in [0.5, 0.6) is 0 Å². The van der Waals surface area contributed by atoms with Crippen LogP contribution in [-0.2, 0) is 14.3 Å². The second kappa shape index (κ2) is 7.27. The summed E-state index contributed by atoms with van der Waals surface area (Å²) in [5, 5.41) is 3.21. The Morgan fingerprint density at radius 1 is 1.41 bits per heavy atom. The Kier molecular flexibility index (Phi) is 5.97. The summed E-state index contributed by atoms with van der Waals surface area (Å²) in [6.07, 6.45) is 3.89. The molecule has 5 heteroatoms. The number of rotatable bonds is 5. The van der Waals surface area contributed by atoms with Crippen molar-refractivity contribution in [3.8, 4) is 0 Å². The average molecular weight is 242 g/mol. The Labute approximate surface area is 102 Å². The molecule has 1 N–H and O–H groups in total. The van der Waals surface area contributed by atoms with Gasteiger partial charge in [0.05, 0.1) is 13.2 Å². The number of nitrogens with one attached hydrogen (secondary N) is 1. The van der Waals surface area contributed by atoms with Gasteiger partial charge in [-0.1, -0.05) is 13.3 Å². The van der Waals surface area contributed by atoms with E-state index in [2.05, 4.69) is 10.1 Å². The number of hydrogen-bond acceptors (Lipinski definition) is 4. The summed E-state index contributed by atoms with van der Waals surface area (Å²) in [6.45, 7) is 3.54. The molecule has 0 spiro atoms. The van der Waals surface area contributed by atoms with Crippen molar-refractivity contribution in [3.05, 3.63) is 0 Å². The number of piperidine rings is 1. The Morgan fingerprint density at radius 3 is 2.71 bits per heavy atom. The van der Waals surface area contributed by atoms with E-state index >= 15 is 0 Å². The topological polar surface area (TPSA) is 58.6 Å². The Morgan fingerprint density at radius 2 is 2.18 bits per heavy atom. The van der Waals surface area contributed by atoms with Crippen LogP contribution in [0.2, 0.25) is 0 Å². The van der Waals surface area contributed by atoms with Gasteiger partial charge in [0.1, 0.15) is 6.54 Å². The smallest absolute Gasteiger partial charge is 0.325 e. The largest absolute Gasteiger partial charge is 0.468 e. The van der Waals surface area contributed by atoms with Crippen molar-refractivity contribution in [2.24, 2.45) is 0 Å². The van der Waals surface area contributed by atoms with Crippen LogP contribution in [0.3, 0.4) is 0 Å². The molecule has 5 nitrogen and oxygen atoms in total. The summed E-state index contributed by atoms with van der Waals surface area (Å²) >= 11 is 0. The monoisotopic (exact) mass is 242 g/mol. The van der Waals surface area contributed by atoms with E-state index in [1.165, 1.54) is 7.11 Å². The molecule has 1 saturated heterocycles. The average Bonchev–Trinajstić information content (AvgIpc) is 2.38. The minimum atomic E-state index is -0.359. The highest BCUT2D eigenvalue weighted by atomic mass is 16.5.